The highest BCUT2D eigenvalue weighted by molar-refractivity contribution is 7.17. The second-order valence-electron chi connectivity index (χ2n) is 8.23. The summed E-state index contributed by atoms with van der Waals surface area (Å²) in [6, 6.07) is 24.0. The second kappa shape index (κ2) is 9.35. The molecule has 3 N–H and O–H groups in total. The lowest BCUT2D eigenvalue weighted by Crippen LogP contribution is -2.30. The molecular weight excluding hydrogens is 434 g/mol. The number of fused-ring (bicyclic) bond motifs is 4. The average Bonchev–Trinajstić information content (AvgIpc) is 3.45. The van der Waals surface area contributed by atoms with E-state index >= 15 is 0 Å². The minimum Gasteiger partial charge on any atom is -0.449 e. The number of aliphatic hydroxyl groups excluding tert-OH is 2. The molecule has 33 heavy (non-hydrogen) atoms. The maximum absolute atomic E-state index is 12.3. The number of hydrogen-bond acceptors (Lipinski definition) is 5. The molecule has 1 heterocycles. The summed E-state index contributed by atoms with van der Waals surface area (Å²) in [5.74, 6) is 0.00154. The van der Waals surface area contributed by atoms with Crippen molar-refractivity contribution < 1.29 is 19.7 Å². The van der Waals surface area contributed by atoms with E-state index in [1.165, 1.54) is 11.1 Å². The van der Waals surface area contributed by atoms with Gasteiger partial charge in [-0.05, 0) is 57.1 Å². The number of thiophene rings is 1. The molecule has 4 aromatic rings. The van der Waals surface area contributed by atoms with Crippen LogP contribution in [0, 0.1) is 0 Å². The molecule has 0 aliphatic heterocycles. The van der Waals surface area contributed by atoms with Crippen molar-refractivity contribution in [2.24, 2.45) is 0 Å². The zero-order valence-corrected chi connectivity index (χ0v) is 18.8. The summed E-state index contributed by atoms with van der Waals surface area (Å²) in [4.78, 5) is 12.3. The van der Waals surface area contributed by atoms with Crippen LogP contribution in [0.3, 0.4) is 0 Å². The van der Waals surface area contributed by atoms with Crippen molar-refractivity contribution in [2.45, 2.75) is 24.5 Å². The number of amides is 1. The zero-order valence-electron chi connectivity index (χ0n) is 18.0. The molecule has 0 saturated heterocycles. The molecular formula is C27H25NO4S. The molecule has 0 radical (unpaired) electrons. The lowest BCUT2D eigenvalue weighted by Gasteiger charge is -2.19. The first-order valence-corrected chi connectivity index (χ1v) is 11.9. The molecule has 0 saturated carbocycles. The number of hydrogen-bond donors (Lipinski definition) is 3. The van der Waals surface area contributed by atoms with Crippen molar-refractivity contribution in [3.8, 4) is 11.1 Å². The third-order valence-corrected chi connectivity index (χ3v) is 7.15. The molecule has 0 fully saturated rings. The fourth-order valence-electron chi connectivity index (χ4n) is 4.61. The van der Waals surface area contributed by atoms with Crippen molar-refractivity contribution in [1.29, 1.82) is 0 Å². The molecule has 5 nitrogen and oxygen atoms in total. The van der Waals surface area contributed by atoms with Crippen LogP contribution in [0.25, 0.3) is 21.2 Å². The standard InChI is InChI=1S/C27H25NO4S/c29-24(26(30)22-10-5-11-25-21(22)13-15-33-25)12-14-28-27(31)32-16-23-19-8-3-1-6-17(19)18-7-2-4-9-20(18)23/h1-11,13,15,23-24,26,29-30H,12,14,16H2,(H,28,31). The van der Waals surface area contributed by atoms with Gasteiger partial charge in [0.05, 0.1) is 6.10 Å². The third kappa shape index (κ3) is 4.25. The number of aliphatic hydroxyl groups is 2. The first-order valence-electron chi connectivity index (χ1n) is 11.0. The van der Waals surface area contributed by atoms with Crippen LogP contribution in [0.2, 0.25) is 0 Å². The largest absolute Gasteiger partial charge is 0.449 e. The Hall–Kier alpha value is -3.19. The van der Waals surface area contributed by atoms with E-state index in [2.05, 4.69) is 29.6 Å². The van der Waals surface area contributed by atoms with Gasteiger partial charge in [0.1, 0.15) is 12.7 Å². The van der Waals surface area contributed by atoms with Crippen LogP contribution in [-0.2, 0) is 4.74 Å². The fourth-order valence-corrected chi connectivity index (χ4v) is 5.43. The quantitative estimate of drug-likeness (QED) is 0.354. The summed E-state index contributed by atoms with van der Waals surface area (Å²) in [7, 11) is 0. The monoisotopic (exact) mass is 459 g/mol. The number of nitrogens with one attached hydrogen (secondary N) is 1. The molecule has 5 rings (SSSR count). The Labute approximate surface area is 196 Å². The molecule has 168 valence electrons. The van der Waals surface area contributed by atoms with E-state index in [-0.39, 0.29) is 25.5 Å². The maximum atomic E-state index is 12.3. The molecule has 0 spiro atoms. The van der Waals surface area contributed by atoms with Crippen LogP contribution in [0.5, 0.6) is 0 Å². The van der Waals surface area contributed by atoms with Crippen LogP contribution in [0.1, 0.15) is 35.1 Å². The van der Waals surface area contributed by atoms with Gasteiger partial charge >= 0.3 is 6.09 Å². The van der Waals surface area contributed by atoms with Gasteiger partial charge in [-0.25, -0.2) is 4.79 Å². The molecule has 3 aromatic carbocycles. The van der Waals surface area contributed by atoms with Crippen LogP contribution in [0.4, 0.5) is 4.79 Å². The molecule has 6 heteroatoms. The highest BCUT2D eigenvalue weighted by Crippen LogP contribution is 2.44. The Bertz CT molecular complexity index is 1240. The van der Waals surface area contributed by atoms with Gasteiger partial charge in [-0.2, -0.15) is 0 Å². The van der Waals surface area contributed by atoms with Crippen LogP contribution in [-0.4, -0.2) is 35.6 Å². The minimum absolute atomic E-state index is 0.00154. The lowest BCUT2D eigenvalue weighted by atomic mass is 9.98. The Kier molecular flexibility index (Phi) is 6.13. The molecule has 1 aliphatic carbocycles. The smallest absolute Gasteiger partial charge is 0.407 e. The number of ether oxygens (including phenoxy) is 1. The Morgan fingerprint density at radius 1 is 0.939 bits per heavy atom. The summed E-state index contributed by atoms with van der Waals surface area (Å²) in [6.45, 7) is 0.444. The summed E-state index contributed by atoms with van der Waals surface area (Å²) < 4.78 is 6.59. The predicted octanol–water partition coefficient (Wildman–Crippen LogP) is 5.22. The van der Waals surface area contributed by atoms with Crippen LogP contribution < -0.4 is 5.32 Å². The minimum atomic E-state index is -1.02. The number of carbonyl (C=O) groups excluding carboxylic acids is 1. The SMILES string of the molecule is O=C(NCCC(O)C(O)c1cccc2sccc12)OCC1c2ccccc2-c2ccccc21. The van der Waals surface area contributed by atoms with Gasteiger partial charge in [-0.1, -0.05) is 60.7 Å². The molecule has 2 unspecified atom stereocenters. The van der Waals surface area contributed by atoms with E-state index in [1.807, 2.05) is 53.9 Å². The van der Waals surface area contributed by atoms with E-state index in [9.17, 15) is 15.0 Å². The Morgan fingerprint density at radius 3 is 2.36 bits per heavy atom. The van der Waals surface area contributed by atoms with E-state index in [1.54, 1.807) is 11.3 Å². The van der Waals surface area contributed by atoms with Crippen LogP contribution >= 0.6 is 11.3 Å². The highest BCUT2D eigenvalue weighted by atomic mass is 32.1. The molecule has 1 aromatic heterocycles. The van der Waals surface area contributed by atoms with Gasteiger partial charge in [0, 0.05) is 17.2 Å². The summed E-state index contributed by atoms with van der Waals surface area (Å²) in [5.41, 5.74) is 5.38. The first-order chi connectivity index (χ1) is 16.1. The Morgan fingerprint density at radius 2 is 1.64 bits per heavy atom. The van der Waals surface area contributed by atoms with Crippen molar-refractivity contribution in [3.05, 3.63) is 94.9 Å². The van der Waals surface area contributed by atoms with Gasteiger partial charge in [0.15, 0.2) is 0 Å². The lowest BCUT2D eigenvalue weighted by molar-refractivity contribution is 0.0145. The molecule has 0 bridgehead atoms. The van der Waals surface area contributed by atoms with Crippen molar-refractivity contribution in [3.63, 3.8) is 0 Å². The predicted molar refractivity (Wildman–Crippen MR) is 130 cm³/mol. The van der Waals surface area contributed by atoms with E-state index < -0.39 is 18.3 Å². The highest BCUT2D eigenvalue weighted by Gasteiger charge is 2.29. The van der Waals surface area contributed by atoms with Gasteiger partial charge in [0.25, 0.3) is 0 Å². The third-order valence-electron chi connectivity index (χ3n) is 6.27. The number of carbonyl (C=O) groups is 1. The van der Waals surface area contributed by atoms with Crippen molar-refractivity contribution >= 4 is 27.5 Å². The molecule has 1 amide bonds. The number of alkyl carbamates (subject to hydrolysis) is 1. The van der Waals surface area contributed by atoms with E-state index in [0.29, 0.717) is 5.56 Å². The maximum Gasteiger partial charge on any atom is 0.407 e. The first kappa shape index (κ1) is 21.6. The average molecular weight is 460 g/mol. The molecule has 1 aliphatic rings. The zero-order chi connectivity index (χ0) is 22.8. The topological polar surface area (TPSA) is 78.8 Å². The summed E-state index contributed by atoms with van der Waals surface area (Å²) in [5, 5.41) is 26.7. The number of rotatable bonds is 7. The fraction of sp³-hybridized carbons (Fsp3) is 0.222. The van der Waals surface area contributed by atoms with Gasteiger partial charge in [-0.3, -0.25) is 0 Å². The Balaban J connectivity index is 1.15. The van der Waals surface area contributed by atoms with Gasteiger partial charge < -0.3 is 20.3 Å². The normalized spacial score (nSPS) is 14.5. The summed E-state index contributed by atoms with van der Waals surface area (Å²) >= 11 is 1.59. The second-order valence-corrected chi connectivity index (χ2v) is 9.18. The van der Waals surface area contributed by atoms with Crippen LogP contribution in [0.15, 0.2) is 78.2 Å². The van der Waals surface area contributed by atoms with Gasteiger partial charge in [-0.15, -0.1) is 11.3 Å². The van der Waals surface area contributed by atoms with E-state index in [4.69, 9.17) is 4.74 Å². The summed E-state index contributed by atoms with van der Waals surface area (Å²) in [6.07, 6.45) is -2.33. The van der Waals surface area contributed by atoms with E-state index in [0.717, 1.165) is 21.2 Å². The molecule has 2 atom stereocenters. The number of benzene rings is 3. The van der Waals surface area contributed by atoms with Crippen molar-refractivity contribution in [1.82, 2.24) is 5.32 Å². The van der Waals surface area contributed by atoms with Crippen molar-refractivity contribution in [2.75, 3.05) is 13.2 Å². The van der Waals surface area contributed by atoms with Gasteiger partial charge in [0.2, 0.25) is 0 Å².